The number of hydrogen-bond donors (Lipinski definition) is 0. The lowest BCUT2D eigenvalue weighted by atomic mass is 9.75. The lowest BCUT2D eigenvalue weighted by Gasteiger charge is -2.31. The number of rotatable bonds is 8. The molecule has 0 radical (unpaired) electrons. The molecular formula is C21H26Cl2O4. The number of carbonyl (C=O) groups is 2. The van der Waals surface area contributed by atoms with Crippen LogP contribution in [0.15, 0.2) is 30.0 Å². The molecule has 1 aliphatic rings. The zero-order chi connectivity index (χ0) is 19.9. The molecule has 0 unspecified atom stereocenters. The molecule has 1 aromatic rings. The van der Waals surface area contributed by atoms with Crippen LogP contribution in [0.25, 0.3) is 5.57 Å². The van der Waals surface area contributed by atoms with Crippen LogP contribution >= 0.6 is 23.2 Å². The fraction of sp³-hybridized carbons (Fsp3) is 0.524. The van der Waals surface area contributed by atoms with Crippen LogP contribution in [0.3, 0.4) is 0 Å². The second-order valence-electron chi connectivity index (χ2n) is 7.52. The molecule has 1 aliphatic carbocycles. The van der Waals surface area contributed by atoms with Crippen LogP contribution in [-0.4, -0.2) is 24.4 Å². The Balaban J connectivity index is 2.11. The van der Waals surface area contributed by atoms with Gasteiger partial charge in [-0.1, -0.05) is 56.5 Å². The number of Topliss-reactive ketones (excluding diaryl/α,β-unsaturated/α-hetero) is 1. The van der Waals surface area contributed by atoms with Crippen molar-refractivity contribution in [3.63, 3.8) is 0 Å². The summed E-state index contributed by atoms with van der Waals surface area (Å²) in [6.07, 6.45) is 3.72. The normalized spacial score (nSPS) is 16.4. The molecule has 0 spiro atoms. The zero-order valence-corrected chi connectivity index (χ0v) is 17.4. The van der Waals surface area contributed by atoms with E-state index in [1.165, 1.54) is 0 Å². The smallest absolute Gasteiger partial charge is 0.434 e. The van der Waals surface area contributed by atoms with Crippen molar-refractivity contribution in [3.8, 4) is 0 Å². The quantitative estimate of drug-likeness (QED) is 0.281. The highest BCUT2D eigenvalue weighted by atomic mass is 35.5. The van der Waals surface area contributed by atoms with Crippen molar-refractivity contribution in [1.82, 2.24) is 0 Å². The minimum absolute atomic E-state index is 0.0803. The summed E-state index contributed by atoms with van der Waals surface area (Å²) in [7, 11) is 0. The molecular weight excluding hydrogens is 387 g/mol. The molecule has 0 heterocycles. The Morgan fingerprint density at radius 2 is 1.81 bits per heavy atom. The van der Waals surface area contributed by atoms with Gasteiger partial charge in [0.2, 0.25) is 0 Å². The van der Waals surface area contributed by atoms with Crippen molar-refractivity contribution in [3.05, 3.63) is 40.6 Å². The summed E-state index contributed by atoms with van der Waals surface area (Å²) in [6.45, 7) is 4.23. The number of ketones is 1. The third-order valence-electron chi connectivity index (χ3n) is 4.43. The number of halogens is 2. The fourth-order valence-electron chi connectivity index (χ4n) is 3.15. The first-order chi connectivity index (χ1) is 12.8. The van der Waals surface area contributed by atoms with Crippen molar-refractivity contribution in [2.75, 3.05) is 12.5 Å². The monoisotopic (exact) mass is 412 g/mol. The lowest BCUT2D eigenvalue weighted by molar-refractivity contribution is -0.116. The van der Waals surface area contributed by atoms with E-state index in [1.807, 2.05) is 13.8 Å². The number of benzene rings is 1. The Bertz CT molecular complexity index is 710. The Hall–Kier alpha value is -1.52. The number of allylic oxidation sites excluding steroid dienone is 2. The van der Waals surface area contributed by atoms with E-state index in [4.69, 9.17) is 32.7 Å². The van der Waals surface area contributed by atoms with Crippen LogP contribution in [0.1, 0.15) is 57.9 Å². The molecule has 6 heteroatoms. The van der Waals surface area contributed by atoms with E-state index < -0.39 is 6.16 Å². The molecule has 27 heavy (non-hydrogen) atoms. The van der Waals surface area contributed by atoms with E-state index in [9.17, 15) is 9.59 Å². The first-order valence-corrected chi connectivity index (χ1v) is 10.2. The van der Waals surface area contributed by atoms with Gasteiger partial charge in [0.05, 0.1) is 12.2 Å². The third kappa shape index (κ3) is 6.54. The van der Waals surface area contributed by atoms with Gasteiger partial charge in [-0.2, -0.15) is 0 Å². The van der Waals surface area contributed by atoms with Crippen molar-refractivity contribution in [2.24, 2.45) is 5.41 Å². The highest BCUT2D eigenvalue weighted by Gasteiger charge is 2.36. The molecule has 0 saturated heterocycles. The average Bonchev–Trinajstić information content (AvgIpc) is 2.58. The SMILES string of the molecule is CC1(C)CC(=O)C(c2ccccc2Cl)=C(OC(=O)OCCCCCCCl)C1. The number of ether oxygens (including phenoxy) is 2. The first kappa shape index (κ1) is 21.8. The van der Waals surface area contributed by atoms with Crippen LogP contribution in [0, 0.1) is 5.41 Å². The van der Waals surface area contributed by atoms with Crippen molar-refractivity contribution in [2.45, 2.75) is 52.4 Å². The maximum atomic E-state index is 12.8. The van der Waals surface area contributed by atoms with Gasteiger partial charge in [-0.3, -0.25) is 4.79 Å². The maximum absolute atomic E-state index is 12.8. The molecule has 0 amide bonds. The summed E-state index contributed by atoms with van der Waals surface area (Å²) < 4.78 is 10.6. The summed E-state index contributed by atoms with van der Waals surface area (Å²) in [5.41, 5.74) is 0.668. The number of alkyl halides is 1. The second-order valence-corrected chi connectivity index (χ2v) is 8.31. The molecule has 4 nitrogen and oxygen atoms in total. The Morgan fingerprint density at radius 1 is 1.11 bits per heavy atom. The highest BCUT2D eigenvalue weighted by molar-refractivity contribution is 6.35. The Labute approximate surface area is 170 Å². The first-order valence-electron chi connectivity index (χ1n) is 9.26. The van der Waals surface area contributed by atoms with Gasteiger partial charge in [-0.25, -0.2) is 4.79 Å². The minimum atomic E-state index is -0.780. The van der Waals surface area contributed by atoms with E-state index in [1.54, 1.807) is 24.3 Å². The Kier molecular flexibility index (Phi) is 8.18. The summed E-state index contributed by atoms with van der Waals surface area (Å²) in [5, 5.41) is 0.453. The van der Waals surface area contributed by atoms with Crippen LogP contribution in [0.4, 0.5) is 4.79 Å². The predicted octanol–water partition coefficient (Wildman–Crippen LogP) is 6.39. The molecule has 148 valence electrons. The number of unbranched alkanes of at least 4 members (excludes halogenated alkanes) is 3. The summed E-state index contributed by atoms with van der Waals surface area (Å²) in [6, 6.07) is 7.08. The standard InChI is InChI=1S/C21H26Cl2O4/c1-21(2)13-17(24)19(15-9-5-6-10-16(15)23)18(14-21)27-20(25)26-12-8-4-3-7-11-22/h5-6,9-10H,3-4,7-8,11-14H2,1-2H3. The van der Waals surface area contributed by atoms with Crippen molar-refractivity contribution < 1.29 is 19.1 Å². The molecule has 2 rings (SSSR count). The van der Waals surface area contributed by atoms with E-state index in [0.29, 0.717) is 40.6 Å². The van der Waals surface area contributed by atoms with Crippen molar-refractivity contribution >= 4 is 40.7 Å². The topological polar surface area (TPSA) is 52.6 Å². The van der Waals surface area contributed by atoms with Crippen molar-refractivity contribution in [1.29, 1.82) is 0 Å². The number of carbonyl (C=O) groups excluding carboxylic acids is 2. The van der Waals surface area contributed by atoms with Gasteiger partial charge < -0.3 is 9.47 Å². The van der Waals surface area contributed by atoms with Gasteiger partial charge in [0.25, 0.3) is 0 Å². The highest BCUT2D eigenvalue weighted by Crippen LogP contribution is 2.42. The van der Waals surface area contributed by atoms with Gasteiger partial charge >= 0.3 is 6.16 Å². The van der Waals surface area contributed by atoms with Gasteiger partial charge in [-0.05, 0) is 24.3 Å². The molecule has 0 aliphatic heterocycles. The maximum Gasteiger partial charge on any atom is 0.513 e. The molecule has 0 aromatic heterocycles. The van der Waals surface area contributed by atoms with Gasteiger partial charge in [0, 0.05) is 29.3 Å². The van der Waals surface area contributed by atoms with E-state index in [2.05, 4.69) is 0 Å². The summed E-state index contributed by atoms with van der Waals surface area (Å²) in [4.78, 5) is 24.9. The molecule has 0 N–H and O–H groups in total. The van der Waals surface area contributed by atoms with Gasteiger partial charge in [-0.15, -0.1) is 11.6 Å². The lowest BCUT2D eigenvalue weighted by Crippen LogP contribution is -2.27. The second kappa shape index (κ2) is 10.1. The van der Waals surface area contributed by atoms with E-state index in [-0.39, 0.29) is 17.8 Å². The summed E-state index contributed by atoms with van der Waals surface area (Å²) >= 11 is 11.9. The molecule has 1 aromatic carbocycles. The van der Waals surface area contributed by atoms with E-state index >= 15 is 0 Å². The largest absolute Gasteiger partial charge is 0.513 e. The van der Waals surface area contributed by atoms with E-state index in [0.717, 1.165) is 25.7 Å². The Morgan fingerprint density at radius 3 is 2.52 bits per heavy atom. The molecule has 0 fully saturated rings. The third-order valence-corrected chi connectivity index (χ3v) is 5.03. The predicted molar refractivity (Wildman–Crippen MR) is 108 cm³/mol. The van der Waals surface area contributed by atoms with Crippen LogP contribution in [0.2, 0.25) is 5.02 Å². The van der Waals surface area contributed by atoms with Crippen LogP contribution in [0.5, 0.6) is 0 Å². The molecule has 0 atom stereocenters. The van der Waals surface area contributed by atoms with Crippen LogP contribution < -0.4 is 0 Å². The molecule has 0 saturated carbocycles. The number of hydrogen-bond acceptors (Lipinski definition) is 4. The molecule has 0 bridgehead atoms. The van der Waals surface area contributed by atoms with Gasteiger partial charge in [0.15, 0.2) is 5.78 Å². The average molecular weight is 413 g/mol. The fourth-order valence-corrected chi connectivity index (χ4v) is 3.57. The van der Waals surface area contributed by atoms with Crippen LogP contribution in [-0.2, 0) is 14.3 Å². The zero-order valence-electron chi connectivity index (χ0n) is 15.9. The van der Waals surface area contributed by atoms with Gasteiger partial charge in [0.1, 0.15) is 5.76 Å². The summed E-state index contributed by atoms with van der Waals surface area (Å²) in [5.74, 6) is 0.894. The minimum Gasteiger partial charge on any atom is -0.434 e.